The highest BCUT2D eigenvalue weighted by atomic mass is 16.2. The van der Waals surface area contributed by atoms with E-state index < -0.39 is 0 Å². The molecule has 0 saturated carbocycles. The number of aryl methyl sites for hydroxylation is 2. The van der Waals surface area contributed by atoms with Gasteiger partial charge in [-0.25, -0.2) is 9.78 Å². The number of imidazole rings is 1. The van der Waals surface area contributed by atoms with Crippen LogP contribution in [-0.4, -0.2) is 35.2 Å². The molecule has 0 unspecified atom stereocenters. The van der Waals surface area contributed by atoms with Crippen molar-refractivity contribution in [2.24, 2.45) is 0 Å². The molecular formula is C19H27N5O. The number of nitrogens with zero attached hydrogens (tertiary/aromatic N) is 3. The fourth-order valence-corrected chi connectivity index (χ4v) is 3.18. The number of hydrogen-bond donors (Lipinski definition) is 2. The number of carbonyl (C=O) groups is 1. The van der Waals surface area contributed by atoms with Crippen molar-refractivity contribution >= 4 is 17.4 Å². The molecule has 0 atom stereocenters. The van der Waals surface area contributed by atoms with Gasteiger partial charge in [0.15, 0.2) is 0 Å². The lowest BCUT2D eigenvalue weighted by Crippen LogP contribution is -2.29. The summed E-state index contributed by atoms with van der Waals surface area (Å²) in [5, 5.41) is 5.85. The summed E-state index contributed by atoms with van der Waals surface area (Å²) in [6.45, 7) is 5.82. The Morgan fingerprint density at radius 3 is 2.84 bits per heavy atom. The van der Waals surface area contributed by atoms with E-state index in [9.17, 15) is 4.79 Å². The molecule has 3 rings (SSSR count). The number of rotatable bonds is 7. The minimum atomic E-state index is -0.141. The molecule has 2 heterocycles. The normalized spacial score (nSPS) is 13.9. The van der Waals surface area contributed by atoms with Gasteiger partial charge in [0, 0.05) is 49.9 Å². The van der Waals surface area contributed by atoms with Crippen LogP contribution in [0.1, 0.15) is 31.5 Å². The minimum absolute atomic E-state index is 0.141. The number of unbranched alkanes of at least 4 members (excludes halogenated alkanes) is 1. The largest absolute Gasteiger partial charge is 0.371 e. The zero-order valence-electron chi connectivity index (χ0n) is 14.9. The van der Waals surface area contributed by atoms with Crippen molar-refractivity contribution in [3.05, 3.63) is 42.5 Å². The van der Waals surface area contributed by atoms with E-state index in [1.807, 2.05) is 37.5 Å². The summed E-state index contributed by atoms with van der Waals surface area (Å²) in [5.41, 5.74) is 2.03. The highest BCUT2D eigenvalue weighted by molar-refractivity contribution is 5.89. The van der Waals surface area contributed by atoms with E-state index >= 15 is 0 Å². The van der Waals surface area contributed by atoms with Crippen LogP contribution < -0.4 is 15.5 Å². The summed E-state index contributed by atoms with van der Waals surface area (Å²) in [5.74, 6) is 1.03. The Kier molecular flexibility index (Phi) is 5.93. The monoisotopic (exact) mass is 341 g/mol. The molecule has 0 radical (unpaired) electrons. The molecule has 1 fully saturated rings. The second kappa shape index (κ2) is 8.55. The van der Waals surface area contributed by atoms with Gasteiger partial charge in [-0.1, -0.05) is 6.07 Å². The first-order valence-electron chi connectivity index (χ1n) is 9.10. The lowest BCUT2D eigenvalue weighted by molar-refractivity contribution is 0.252. The zero-order valence-corrected chi connectivity index (χ0v) is 14.9. The number of amides is 2. The van der Waals surface area contributed by atoms with Crippen LogP contribution in [0.2, 0.25) is 0 Å². The average molecular weight is 341 g/mol. The van der Waals surface area contributed by atoms with Gasteiger partial charge in [-0.2, -0.15) is 0 Å². The zero-order chi connectivity index (χ0) is 17.5. The van der Waals surface area contributed by atoms with Crippen LogP contribution in [-0.2, 0) is 6.54 Å². The third kappa shape index (κ3) is 4.98. The molecule has 1 aliphatic rings. The lowest BCUT2D eigenvalue weighted by Gasteiger charge is -2.18. The molecule has 0 spiro atoms. The predicted molar refractivity (Wildman–Crippen MR) is 101 cm³/mol. The smallest absolute Gasteiger partial charge is 0.319 e. The number of aromatic nitrogens is 2. The molecule has 6 nitrogen and oxygen atoms in total. The van der Waals surface area contributed by atoms with Gasteiger partial charge in [-0.15, -0.1) is 0 Å². The Hall–Kier alpha value is -2.50. The van der Waals surface area contributed by atoms with Crippen LogP contribution in [0, 0.1) is 6.92 Å². The number of anilines is 2. The third-order valence-corrected chi connectivity index (χ3v) is 4.61. The second-order valence-electron chi connectivity index (χ2n) is 6.50. The van der Waals surface area contributed by atoms with Gasteiger partial charge >= 0.3 is 6.03 Å². The standard InChI is InChI=1S/C19H27N5O/c1-16-20-10-14-23(16)11-3-2-9-21-19(25)22-17-7-6-8-18(15-17)24-12-4-5-13-24/h6-8,10,14-15H,2-5,9,11-13H2,1H3,(H2,21,22,25). The van der Waals surface area contributed by atoms with Crippen LogP contribution in [0.4, 0.5) is 16.2 Å². The summed E-state index contributed by atoms with van der Waals surface area (Å²) in [7, 11) is 0. The third-order valence-electron chi connectivity index (χ3n) is 4.61. The van der Waals surface area contributed by atoms with Crippen LogP contribution in [0.15, 0.2) is 36.7 Å². The number of nitrogens with one attached hydrogen (secondary N) is 2. The van der Waals surface area contributed by atoms with Crippen molar-refractivity contribution in [3.63, 3.8) is 0 Å². The molecule has 134 valence electrons. The highest BCUT2D eigenvalue weighted by Crippen LogP contribution is 2.23. The van der Waals surface area contributed by atoms with Crippen molar-refractivity contribution in [2.75, 3.05) is 29.9 Å². The molecular weight excluding hydrogens is 314 g/mol. The Bertz CT molecular complexity index is 691. The van der Waals surface area contributed by atoms with Crippen LogP contribution in [0.25, 0.3) is 0 Å². The maximum absolute atomic E-state index is 12.0. The lowest BCUT2D eigenvalue weighted by atomic mass is 10.2. The van der Waals surface area contributed by atoms with Gasteiger partial charge in [0.25, 0.3) is 0 Å². The van der Waals surface area contributed by atoms with Crippen LogP contribution in [0.3, 0.4) is 0 Å². The molecule has 1 aromatic carbocycles. The van der Waals surface area contributed by atoms with Crippen LogP contribution >= 0.6 is 0 Å². The van der Waals surface area contributed by atoms with Gasteiger partial charge in [-0.05, 0) is 50.8 Å². The Morgan fingerprint density at radius 2 is 2.08 bits per heavy atom. The summed E-state index contributed by atoms with van der Waals surface area (Å²) in [6.07, 6.45) is 8.26. The SMILES string of the molecule is Cc1nccn1CCCCNC(=O)Nc1cccc(N2CCCC2)c1. The van der Waals surface area contributed by atoms with E-state index in [0.29, 0.717) is 6.54 Å². The fraction of sp³-hybridized carbons (Fsp3) is 0.474. The van der Waals surface area contributed by atoms with Gasteiger partial charge in [0.05, 0.1) is 0 Å². The molecule has 0 bridgehead atoms. The molecule has 2 aromatic rings. The molecule has 1 aromatic heterocycles. The number of benzene rings is 1. The Labute approximate surface area is 149 Å². The van der Waals surface area contributed by atoms with E-state index in [0.717, 1.165) is 44.0 Å². The Morgan fingerprint density at radius 1 is 1.24 bits per heavy atom. The first kappa shape index (κ1) is 17.3. The number of urea groups is 1. The first-order chi connectivity index (χ1) is 12.2. The fourth-order valence-electron chi connectivity index (χ4n) is 3.18. The van der Waals surface area contributed by atoms with Gasteiger partial charge in [0.1, 0.15) is 5.82 Å². The van der Waals surface area contributed by atoms with Gasteiger partial charge in [0.2, 0.25) is 0 Å². The van der Waals surface area contributed by atoms with Crippen molar-refractivity contribution in [1.82, 2.24) is 14.9 Å². The van der Waals surface area contributed by atoms with E-state index in [1.54, 1.807) is 0 Å². The summed E-state index contributed by atoms with van der Waals surface area (Å²) in [4.78, 5) is 18.6. The van der Waals surface area contributed by atoms with Crippen molar-refractivity contribution in [2.45, 2.75) is 39.2 Å². The number of carbonyl (C=O) groups excluding carboxylic acids is 1. The summed E-state index contributed by atoms with van der Waals surface area (Å²) in [6, 6.07) is 7.94. The van der Waals surface area contributed by atoms with Gasteiger partial charge < -0.3 is 20.1 Å². The summed E-state index contributed by atoms with van der Waals surface area (Å²) < 4.78 is 2.13. The topological polar surface area (TPSA) is 62.2 Å². The number of hydrogen-bond acceptors (Lipinski definition) is 3. The molecule has 25 heavy (non-hydrogen) atoms. The van der Waals surface area contributed by atoms with Crippen LogP contribution in [0.5, 0.6) is 0 Å². The maximum Gasteiger partial charge on any atom is 0.319 e. The molecule has 2 amide bonds. The van der Waals surface area contributed by atoms with E-state index in [1.165, 1.54) is 18.5 Å². The average Bonchev–Trinajstić information content (AvgIpc) is 3.27. The van der Waals surface area contributed by atoms with Crippen molar-refractivity contribution < 1.29 is 4.79 Å². The second-order valence-corrected chi connectivity index (χ2v) is 6.50. The molecule has 1 saturated heterocycles. The van der Waals surface area contributed by atoms with Crippen molar-refractivity contribution in [1.29, 1.82) is 0 Å². The van der Waals surface area contributed by atoms with Gasteiger partial charge in [-0.3, -0.25) is 0 Å². The quantitative estimate of drug-likeness (QED) is 0.759. The predicted octanol–water partition coefficient (Wildman–Crippen LogP) is 3.39. The molecule has 0 aliphatic carbocycles. The highest BCUT2D eigenvalue weighted by Gasteiger charge is 2.12. The van der Waals surface area contributed by atoms with E-state index in [2.05, 4.69) is 31.2 Å². The maximum atomic E-state index is 12.0. The minimum Gasteiger partial charge on any atom is -0.371 e. The molecule has 1 aliphatic heterocycles. The Balaban J connectivity index is 1.37. The molecule has 6 heteroatoms. The molecule has 2 N–H and O–H groups in total. The van der Waals surface area contributed by atoms with Crippen molar-refractivity contribution in [3.8, 4) is 0 Å². The first-order valence-corrected chi connectivity index (χ1v) is 9.10. The van der Waals surface area contributed by atoms with E-state index in [-0.39, 0.29) is 6.03 Å². The van der Waals surface area contributed by atoms with E-state index in [4.69, 9.17) is 0 Å². The summed E-state index contributed by atoms with van der Waals surface area (Å²) >= 11 is 0.